The van der Waals surface area contributed by atoms with Crippen LogP contribution in [-0.2, 0) is 6.54 Å². The first-order valence-corrected chi connectivity index (χ1v) is 8.21. The van der Waals surface area contributed by atoms with Gasteiger partial charge in [-0.15, -0.1) is 11.3 Å². The molecule has 0 atom stereocenters. The number of nitrogens with zero attached hydrogens (tertiary/aromatic N) is 2. The average Bonchev–Trinajstić information content (AvgIpc) is 2.83. The second-order valence-corrected chi connectivity index (χ2v) is 6.80. The van der Waals surface area contributed by atoms with E-state index in [2.05, 4.69) is 61.8 Å². The van der Waals surface area contributed by atoms with E-state index < -0.39 is 0 Å². The summed E-state index contributed by atoms with van der Waals surface area (Å²) in [6.45, 7) is 7.01. The number of hydrogen-bond acceptors (Lipinski definition) is 5. The monoisotopic (exact) mass is 354 g/mol. The van der Waals surface area contributed by atoms with Crippen molar-refractivity contribution in [3.8, 4) is 0 Å². The molecule has 2 aromatic rings. The summed E-state index contributed by atoms with van der Waals surface area (Å²) < 4.78 is 1.12. The quantitative estimate of drug-likeness (QED) is 0.835. The van der Waals surface area contributed by atoms with Crippen molar-refractivity contribution in [2.24, 2.45) is 0 Å². The van der Waals surface area contributed by atoms with Crippen molar-refractivity contribution >= 4 is 38.9 Å². The third-order valence-corrected chi connectivity index (χ3v) is 4.67. The van der Waals surface area contributed by atoms with Gasteiger partial charge in [-0.2, -0.15) is 0 Å². The van der Waals surface area contributed by atoms with Crippen LogP contribution in [0.2, 0.25) is 0 Å². The Morgan fingerprint density at radius 1 is 1.30 bits per heavy atom. The lowest BCUT2D eigenvalue weighted by atomic mass is 10.2. The summed E-state index contributed by atoms with van der Waals surface area (Å²) in [5.41, 5.74) is 1.05. The Kier molecular flexibility index (Phi) is 4.99. The van der Waals surface area contributed by atoms with Gasteiger partial charge < -0.3 is 10.6 Å². The molecular weight excluding hydrogens is 336 g/mol. The van der Waals surface area contributed by atoms with Crippen LogP contribution in [0.25, 0.3) is 0 Å². The predicted octanol–water partition coefficient (Wildman–Crippen LogP) is 4.39. The highest BCUT2D eigenvalue weighted by Crippen LogP contribution is 2.25. The first-order chi connectivity index (χ1) is 9.51. The van der Waals surface area contributed by atoms with E-state index in [1.54, 1.807) is 11.3 Å². The largest absolute Gasteiger partial charge is 0.373 e. The van der Waals surface area contributed by atoms with Crippen molar-refractivity contribution in [1.82, 2.24) is 9.97 Å². The Morgan fingerprint density at radius 2 is 2.00 bits per heavy atom. The fourth-order valence-electron chi connectivity index (χ4n) is 1.83. The summed E-state index contributed by atoms with van der Waals surface area (Å²) >= 11 is 5.20. The Balaban J connectivity index is 2.23. The van der Waals surface area contributed by atoms with Gasteiger partial charge in [0.15, 0.2) is 0 Å². The molecule has 0 saturated heterocycles. The lowest BCUT2D eigenvalue weighted by Gasteiger charge is -2.14. The van der Waals surface area contributed by atoms with Gasteiger partial charge in [0.25, 0.3) is 0 Å². The van der Waals surface area contributed by atoms with Gasteiger partial charge >= 0.3 is 0 Å². The van der Waals surface area contributed by atoms with Crippen molar-refractivity contribution in [1.29, 1.82) is 0 Å². The molecule has 0 saturated carbocycles. The minimum atomic E-state index is 0.305. The molecule has 6 heteroatoms. The van der Waals surface area contributed by atoms with Crippen molar-refractivity contribution < 1.29 is 0 Å². The smallest absolute Gasteiger partial charge is 0.135 e. The summed E-state index contributed by atoms with van der Waals surface area (Å²) in [6.07, 6.45) is 0. The van der Waals surface area contributed by atoms with Crippen LogP contribution < -0.4 is 10.6 Å². The zero-order valence-corrected chi connectivity index (χ0v) is 14.5. The fourth-order valence-corrected chi connectivity index (χ4v) is 3.22. The Hall–Kier alpha value is -1.14. The van der Waals surface area contributed by atoms with Crippen molar-refractivity contribution in [2.75, 3.05) is 17.7 Å². The van der Waals surface area contributed by atoms with Crippen LogP contribution >= 0.6 is 27.3 Å². The second-order valence-electron chi connectivity index (χ2n) is 4.89. The molecule has 0 amide bonds. The Labute approximate surface area is 132 Å². The van der Waals surface area contributed by atoms with E-state index in [9.17, 15) is 0 Å². The molecule has 2 heterocycles. The van der Waals surface area contributed by atoms with Gasteiger partial charge in [0.1, 0.15) is 17.5 Å². The molecule has 0 spiro atoms. The molecule has 108 valence electrons. The average molecular weight is 355 g/mol. The van der Waals surface area contributed by atoms with Crippen molar-refractivity contribution in [3.05, 3.63) is 32.2 Å². The number of hydrogen-bond donors (Lipinski definition) is 2. The van der Waals surface area contributed by atoms with E-state index >= 15 is 0 Å². The summed E-state index contributed by atoms with van der Waals surface area (Å²) in [7, 11) is 1.89. The number of rotatable bonds is 5. The maximum atomic E-state index is 4.63. The zero-order valence-electron chi connectivity index (χ0n) is 12.1. The van der Waals surface area contributed by atoms with Gasteiger partial charge in [0.05, 0.1) is 6.54 Å². The Bertz CT molecular complexity index is 595. The van der Waals surface area contributed by atoms with Gasteiger partial charge in [-0.25, -0.2) is 9.97 Å². The molecule has 0 radical (unpaired) electrons. The second kappa shape index (κ2) is 6.54. The lowest BCUT2D eigenvalue weighted by molar-refractivity contribution is 0.773. The summed E-state index contributed by atoms with van der Waals surface area (Å²) in [5.74, 6) is 2.95. The molecule has 2 aromatic heterocycles. The highest BCUT2D eigenvalue weighted by atomic mass is 79.9. The van der Waals surface area contributed by atoms with E-state index in [1.807, 2.05) is 14.0 Å². The molecular formula is C14H19BrN4S. The molecule has 0 unspecified atom stereocenters. The Morgan fingerprint density at radius 3 is 2.55 bits per heavy atom. The van der Waals surface area contributed by atoms with E-state index in [1.165, 1.54) is 4.88 Å². The number of thiophene rings is 1. The maximum Gasteiger partial charge on any atom is 0.135 e. The summed E-state index contributed by atoms with van der Waals surface area (Å²) in [5, 5.41) is 8.63. The minimum absolute atomic E-state index is 0.305. The van der Waals surface area contributed by atoms with Crippen molar-refractivity contribution in [2.45, 2.75) is 33.2 Å². The first kappa shape index (κ1) is 15.3. The first-order valence-electron chi connectivity index (χ1n) is 6.54. The molecule has 2 N–H and O–H groups in total. The minimum Gasteiger partial charge on any atom is -0.373 e. The standard InChI is InChI=1S/C14H19BrN4S/c1-8(2)12-18-13(16-4)9(3)14(19-12)17-6-11-5-10(15)7-20-11/h5,7-8H,6H2,1-4H3,(H2,16,17,18,19). The number of halogens is 1. The molecule has 0 aliphatic rings. The molecule has 0 aliphatic heterocycles. The predicted molar refractivity (Wildman–Crippen MR) is 89.8 cm³/mol. The topological polar surface area (TPSA) is 49.8 Å². The van der Waals surface area contributed by atoms with E-state index in [0.29, 0.717) is 5.92 Å². The highest BCUT2D eigenvalue weighted by molar-refractivity contribution is 9.10. The highest BCUT2D eigenvalue weighted by Gasteiger charge is 2.12. The molecule has 0 bridgehead atoms. The van der Waals surface area contributed by atoms with Crippen LogP contribution in [0.1, 0.15) is 36.0 Å². The van der Waals surface area contributed by atoms with Crippen LogP contribution in [0.15, 0.2) is 15.9 Å². The molecule has 0 aromatic carbocycles. The number of aromatic nitrogens is 2. The van der Waals surface area contributed by atoms with Gasteiger partial charge in [-0.3, -0.25) is 0 Å². The normalized spacial score (nSPS) is 10.9. The number of anilines is 2. The maximum absolute atomic E-state index is 4.63. The molecule has 0 aliphatic carbocycles. The fraction of sp³-hybridized carbons (Fsp3) is 0.429. The summed E-state index contributed by atoms with van der Waals surface area (Å²) in [6, 6.07) is 2.12. The van der Waals surface area contributed by atoms with Crippen LogP contribution in [0.4, 0.5) is 11.6 Å². The van der Waals surface area contributed by atoms with E-state index in [0.717, 1.165) is 34.0 Å². The zero-order chi connectivity index (χ0) is 14.7. The molecule has 2 rings (SSSR count). The lowest BCUT2D eigenvalue weighted by Crippen LogP contribution is -2.10. The third kappa shape index (κ3) is 3.49. The van der Waals surface area contributed by atoms with Crippen LogP contribution in [0.5, 0.6) is 0 Å². The third-order valence-electron chi connectivity index (χ3n) is 2.97. The number of nitrogens with one attached hydrogen (secondary N) is 2. The van der Waals surface area contributed by atoms with Crippen LogP contribution in [-0.4, -0.2) is 17.0 Å². The van der Waals surface area contributed by atoms with Gasteiger partial charge in [-0.1, -0.05) is 13.8 Å². The van der Waals surface area contributed by atoms with Gasteiger partial charge in [0.2, 0.25) is 0 Å². The molecule has 0 fully saturated rings. The summed E-state index contributed by atoms with van der Waals surface area (Å²) in [4.78, 5) is 10.4. The van der Waals surface area contributed by atoms with E-state index in [-0.39, 0.29) is 0 Å². The molecule has 4 nitrogen and oxygen atoms in total. The van der Waals surface area contributed by atoms with E-state index in [4.69, 9.17) is 0 Å². The van der Waals surface area contributed by atoms with Crippen LogP contribution in [0, 0.1) is 6.92 Å². The van der Waals surface area contributed by atoms with Gasteiger partial charge in [-0.05, 0) is 28.9 Å². The molecule has 20 heavy (non-hydrogen) atoms. The van der Waals surface area contributed by atoms with Crippen molar-refractivity contribution in [3.63, 3.8) is 0 Å². The van der Waals surface area contributed by atoms with Gasteiger partial charge in [0, 0.05) is 33.3 Å². The van der Waals surface area contributed by atoms with Crippen LogP contribution in [0.3, 0.4) is 0 Å². The SMILES string of the molecule is CNc1nc(C(C)C)nc(NCc2cc(Br)cs2)c1C.